The number of nitrogens with one attached hydrogen (secondary N) is 2. The van der Waals surface area contributed by atoms with Gasteiger partial charge in [0.1, 0.15) is 0 Å². The quantitative estimate of drug-likeness (QED) is 0.703. The predicted molar refractivity (Wildman–Crippen MR) is 115 cm³/mol. The molecular formula is C24H21N3O2. The summed E-state index contributed by atoms with van der Waals surface area (Å²) in [5.41, 5.74) is 5.79. The molecule has 0 saturated carbocycles. The molecule has 5 rings (SSSR count). The number of carbonyl (C=O) groups excluding carboxylic acids is 2. The van der Waals surface area contributed by atoms with Gasteiger partial charge in [-0.1, -0.05) is 48.5 Å². The van der Waals surface area contributed by atoms with Gasteiger partial charge in [0.05, 0.1) is 17.3 Å². The molecule has 3 aromatic carbocycles. The number of hydrogen-bond acceptors (Lipinski definition) is 3. The van der Waals surface area contributed by atoms with Crippen LogP contribution in [0.2, 0.25) is 0 Å². The molecule has 5 nitrogen and oxygen atoms in total. The Balaban J connectivity index is 1.46. The van der Waals surface area contributed by atoms with Crippen LogP contribution in [-0.2, 0) is 16.0 Å². The fraction of sp³-hybridized carbons (Fsp3) is 0.167. The van der Waals surface area contributed by atoms with E-state index in [2.05, 4.69) is 33.7 Å². The molecule has 0 bridgehead atoms. The van der Waals surface area contributed by atoms with Crippen molar-refractivity contribution in [3.05, 3.63) is 83.9 Å². The molecule has 144 valence electrons. The van der Waals surface area contributed by atoms with Crippen LogP contribution in [0.1, 0.15) is 23.5 Å². The predicted octanol–water partition coefficient (Wildman–Crippen LogP) is 4.45. The van der Waals surface area contributed by atoms with E-state index < -0.39 is 5.92 Å². The van der Waals surface area contributed by atoms with Crippen LogP contribution in [0.25, 0.3) is 0 Å². The number of benzene rings is 3. The van der Waals surface area contributed by atoms with Gasteiger partial charge in [0.15, 0.2) is 0 Å². The highest BCUT2D eigenvalue weighted by molar-refractivity contribution is 6.06. The highest BCUT2D eigenvalue weighted by Gasteiger charge is 2.31. The van der Waals surface area contributed by atoms with Crippen LogP contribution in [-0.4, -0.2) is 18.4 Å². The molecule has 0 spiro atoms. The van der Waals surface area contributed by atoms with Gasteiger partial charge >= 0.3 is 0 Å². The van der Waals surface area contributed by atoms with Crippen molar-refractivity contribution < 1.29 is 9.59 Å². The van der Waals surface area contributed by atoms with Crippen molar-refractivity contribution >= 4 is 34.6 Å². The summed E-state index contributed by atoms with van der Waals surface area (Å²) in [6.07, 6.45) is 1.13. The zero-order valence-corrected chi connectivity index (χ0v) is 15.9. The van der Waals surface area contributed by atoms with E-state index in [0.717, 1.165) is 29.9 Å². The van der Waals surface area contributed by atoms with Crippen LogP contribution in [0.3, 0.4) is 0 Å². The van der Waals surface area contributed by atoms with Crippen LogP contribution >= 0.6 is 0 Å². The number of nitrogens with zero attached hydrogens (tertiary/aromatic N) is 1. The summed E-state index contributed by atoms with van der Waals surface area (Å²) >= 11 is 0. The zero-order valence-electron chi connectivity index (χ0n) is 15.9. The molecule has 2 aliphatic rings. The first-order valence-electron chi connectivity index (χ1n) is 9.85. The summed E-state index contributed by atoms with van der Waals surface area (Å²) in [5.74, 6) is -0.795. The van der Waals surface area contributed by atoms with Crippen molar-refractivity contribution in [1.29, 1.82) is 0 Å². The number of fused-ring (bicyclic) bond motifs is 2. The number of hydrogen-bond donors (Lipinski definition) is 2. The maximum absolute atomic E-state index is 13.2. The Morgan fingerprint density at radius 3 is 2.55 bits per heavy atom. The minimum absolute atomic E-state index is 0.134. The lowest BCUT2D eigenvalue weighted by Gasteiger charge is -2.27. The third kappa shape index (κ3) is 3.14. The Labute approximate surface area is 169 Å². The van der Waals surface area contributed by atoms with Gasteiger partial charge in [-0.15, -0.1) is 0 Å². The largest absolute Gasteiger partial charge is 0.339 e. The summed E-state index contributed by atoms with van der Waals surface area (Å²) < 4.78 is 0. The highest BCUT2D eigenvalue weighted by Crippen LogP contribution is 2.39. The van der Waals surface area contributed by atoms with E-state index in [0.29, 0.717) is 5.69 Å². The van der Waals surface area contributed by atoms with Gasteiger partial charge < -0.3 is 15.5 Å². The third-order valence-electron chi connectivity index (χ3n) is 5.66. The molecule has 2 heterocycles. The van der Waals surface area contributed by atoms with Crippen molar-refractivity contribution in [3.8, 4) is 0 Å². The molecule has 1 unspecified atom stereocenters. The fourth-order valence-electron chi connectivity index (χ4n) is 4.27. The summed E-state index contributed by atoms with van der Waals surface area (Å²) in [6.45, 7) is 0.876. The van der Waals surface area contributed by atoms with Gasteiger partial charge in [0.2, 0.25) is 11.8 Å². The van der Waals surface area contributed by atoms with Crippen molar-refractivity contribution in [2.45, 2.75) is 18.8 Å². The number of carbonyl (C=O) groups is 2. The van der Waals surface area contributed by atoms with E-state index in [-0.39, 0.29) is 18.2 Å². The molecule has 2 aliphatic heterocycles. The van der Waals surface area contributed by atoms with Crippen molar-refractivity contribution in [3.63, 3.8) is 0 Å². The van der Waals surface area contributed by atoms with Gasteiger partial charge in [-0.25, -0.2) is 0 Å². The second-order valence-corrected chi connectivity index (χ2v) is 7.43. The number of para-hydroxylation sites is 4. The standard InChI is InChI=1S/C24H21N3O2/c28-23-15-18(17-8-2-3-9-19(17)25-23)24(29)26-20-10-4-6-12-22(20)27-14-13-16-7-1-5-11-21(16)27/h1-12,18H,13-15H2,(H,25,28)(H,26,29). The van der Waals surface area contributed by atoms with Gasteiger partial charge in [0.25, 0.3) is 0 Å². The SMILES string of the molecule is O=C1CC(C(=O)Nc2ccccc2N2CCc3ccccc32)c2ccccc2N1. The molecule has 1 atom stereocenters. The summed E-state index contributed by atoms with van der Waals surface area (Å²) in [5, 5.41) is 5.94. The lowest BCUT2D eigenvalue weighted by Crippen LogP contribution is -2.31. The Morgan fingerprint density at radius 1 is 0.931 bits per heavy atom. The zero-order chi connectivity index (χ0) is 19.8. The number of anilines is 4. The topological polar surface area (TPSA) is 61.4 Å². The molecular weight excluding hydrogens is 362 g/mol. The van der Waals surface area contributed by atoms with Crippen molar-refractivity contribution in [2.24, 2.45) is 0 Å². The van der Waals surface area contributed by atoms with Crippen molar-refractivity contribution in [1.82, 2.24) is 0 Å². The minimum atomic E-state index is -0.501. The summed E-state index contributed by atoms with van der Waals surface area (Å²) in [7, 11) is 0. The Morgan fingerprint density at radius 2 is 1.66 bits per heavy atom. The Hall–Kier alpha value is -3.60. The van der Waals surface area contributed by atoms with E-state index in [4.69, 9.17) is 0 Å². The maximum Gasteiger partial charge on any atom is 0.232 e. The van der Waals surface area contributed by atoms with Gasteiger partial charge in [-0.05, 0) is 41.8 Å². The van der Waals surface area contributed by atoms with Crippen LogP contribution in [0, 0.1) is 0 Å². The van der Waals surface area contributed by atoms with Gasteiger partial charge in [-0.2, -0.15) is 0 Å². The molecule has 2 amide bonds. The molecule has 5 heteroatoms. The first-order valence-corrected chi connectivity index (χ1v) is 9.85. The number of amides is 2. The van der Waals surface area contributed by atoms with E-state index >= 15 is 0 Å². The molecule has 2 N–H and O–H groups in total. The van der Waals surface area contributed by atoms with Crippen molar-refractivity contribution in [2.75, 3.05) is 22.1 Å². The summed E-state index contributed by atoms with van der Waals surface area (Å²) in [6, 6.07) is 23.7. The summed E-state index contributed by atoms with van der Waals surface area (Å²) in [4.78, 5) is 27.5. The van der Waals surface area contributed by atoms with Crippen LogP contribution < -0.4 is 15.5 Å². The third-order valence-corrected chi connectivity index (χ3v) is 5.66. The highest BCUT2D eigenvalue weighted by atomic mass is 16.2. The van der Waals surface area contributed by atoms with Gasteiger partial charge in [-0.3, -0.25) is 9.59 Å². The van der Waals surface area contributed by atoms with Crippen LogP contribution in [0.4, 0.5) is 22.7 Å². The molecule has 0 saturated heterocycles. The molecule has 0 aliphatic carbocycles. The smallest absolute Gasteiger partial charge is 0.232 e. The fourth-order valence-corrected chi connectivity index (χ4v) is 4.27. The molecule has 0 radical (unpaired) electrons. The monoisotopic (exact) mass is 383 g/mol. The second kappa shape index (κ2) is 7.09. The number of rotatable bonds is 3. The maximum atomic E-state index is 13.2. The van der Waals surface area contributed by atoms with E-state index in [1.54, 1.807) is 0 Å². The second-order valence-electron chi connectivity index (χ2n) is 7.43. The van der Waals surface area contributed by atoms with E-state index in [1.807, 2.05) is 54.6 Å². The van der Waals surface area contributed by atoms with E-state index in [1.165, 1.54) is 11.3 Å². The average molecular weight is 383 g/mol. The molecule has 29 heavy (non-hydrogen) atoms. The molecule has 3 aromatic rings. The average Bonchev–Trinajstić information content (AvgIpc) is 3.17. The van der Waals surface area contributed by atoms with E-state index in [9.17, 15) is 9.59 Å². The lowest BCUT2D eigenvalue weighted by atomic mass is 9.89. The van der Waals surface area contributed by atoms with Gasteiger partial charge in [0, 0.05) is 24.3 Å². The molecule has 0 fully saturated rings. The Bertz CT molecular complexity index is 1110. The lowest BCUT2D eigenvalue weighted by molar-refractivity contribution is -0.123. The van der Waals surface area contributed by atoms with Crippen LogP contribution in [0.15, 0.2) is 72.8 Å². The first kappa shape index (κ1) is 17.5. The van der Waals surface area contributed by atoms with Crippen LogP contribution in [0.5, 0.6) is 0 Å². The minimum Gasteiger partial charge on any atom is -0.339 e. The Kier molecular flexibility index (Phi) is 4.28. The first-order chi connectivity index (χ1) is 14.2. The molecule has 0 aromatic heterocycles. The normalized spacial score (nSPS) is 17.3.